The van der Waals surface area contributed by atoms with Crippen LogP contribution in [0.15, 0.2) is 18.2 Å². The number of H-pyrrole nitrogens is 1. The summed E-state index contributed by atoms with van der Waals surface area (Å²) in [5.41, 5.74) is 2.63. The first kappa shape index (κ1) is 17.4. The van der Waals surface area contributed by atoms with E-state index in [9.17, 15) is 4.79 Å². The number of aromatic amines is 1. The number of ether oxygens (including phenoxy) is 1. The molecule has 5 nitrogen and oxygen atoms in total. The van der Waals surface area contributed by atoms with Gasteiger partial charge in [-0.15, -0.1) is 0 Å². The molecule has 1 aromatic heterocycles. The SMILES string of the molecule is COc1ccc2[nH]c(C(=O)NC[C@@H]3CCCN4CCCC[C@H]34)c(C)c2c1. The largest absolute Gasteiger partial charge is 0.497 e. The number of nitrogens with one attached hydrogen (secondary N) is 2. The maximum atomic E-state index is 12.8. The van der Waals surface area contributed by atoms with Crippen LogP contribution in [0.25, 0.3) is 10.9 Å². The summed E-state index contributed by atoms with van der Waals surface area (Å²) in [6, 6.07) is 6.53. The van der Waals surface area contributed by atoms with Gasteiger partial charge in [-0.1, -0.05) is 6.42 Å². The van der Waals surface area contributed by atoms with E-state index < -0.39 is 0 Å². The first-order chi connectivity index (χ1) is 12.7. The third-order valence-electron chi connectivity index (χ3n) is 6.25. The van der Waals surface area contributed by atoms with Gasteiger partial charge in [0, 0.05) is 23.5 Å². The minimum absolute atomic E-state index is 0.00518. The number of aromatic nitrogens is 1. The molecule has 2 fully saturated rings. The van der Waals surface area contributed by atoms with Crippen molar-refractivity contribution in [1.82, 2.24) is 15.2 Å². The number of carbonyl (C=O) groups is 1. The van der Waals surface area contributed by atoms with E-state index in [2.05, 4.69) is 15.2 Å². The lowest BCUT2D eigenvalue weighted by molar-refractivity contribution is 0.0575. The van der Waals surface area contributed by atoms with E-state index in [4.69, 9.17) is 4.74 Å². The summed E-state index contributed by atoms with van der Waals surface area (Å²) in [7, 11) is 1.66. The maximum Gasteiger partial charge on any atom is 0.268 e. The van der Waals surface area contributed by atoms with Crippen molar-refractivity contribution < 1.29 is 9.53 Å². The molecule has 1 amide bonds. The molecule has 2 aromatic rings. The average molecular weight is 355 g/mol. The van der Waals surface area contributed by atoms with Crippen molar-refractivity contribution in [2.24, 2.45) is 5.92 Å². The quantitative estimate of drug-likeness (QED) is 0.883. The molecule has 0 saturated carbocycles. The lowest BCUT2D eigenvalue weighted by atomic mass is 9.83. The molecule has 2 saturated heterocycles. The Balaban J connectivity index is 1.46. The van der Waals surface area contributed by atoms with Gasteiger partial charge in [-0.3, -0.25) is 4.79 Å². The van der Waals surface area contributed by atoms with E-state index in [0.29, 0.717) is 17.7 Å². The standard InChI is InChI=1S/C21H29N3O2/c1-14-17-12-16(26-2)8-9-18(17)23-20(14)21(25)22-13-15-6-5-11-24-10-4-3-7-19(15)24/h8-9,12,15,19,23H,3-7,10-11,13H2,1-2H3,(H,22,25)/t15-,19+/m0/s1. The number of hydrogen-bond acceptors (Lipinski definition) is 3. The Bertz CT molecular complexity index is 796. The number of benzene rings is 1. The highest BCUT2D eigenvalue weighted by molar-refractivity contribution is 6.01. The summed E-state index contributed by atoms with van der Waals surface area (Å²) in [6.45, 7) is 5.24. The Kier molecular flexibility index (Phi) is 4.90. The van der Waals surface area contributed by atoms with Crippen LogP contribution < -0.4 is 10.1 Å². The number of methoxy groups -OCH3 is 1. The summed E-state index contributed by atoms with van der Waals surface area (Å²) in [6.07, 6.45) is 6.42. The molecule has 0 aliphatic carbocycles. The molecule has 0 bridgehead atoms. The summed E-state index contributed by atoms with van der Waals surface area (Å²) in [5.74, 6) is 1.40. The van der Waals surface area contributed by atoms with E-state index in [-0.39, 0.29) is 5.91 Å². The Morgan fingerprint density at radius 2 is 2.12 bits per heavy atom. The van der Waals surface area contributed by atoms with E-state index in [1.165, 1.54) is 45.2 Å². The second-order valence-corrected chi connectivity index (χ2v) is 7.75. The van der Waals surface area contributed by atoms with Gasteiger partial charge in [-0.25, -0.2) is 0 Å². The summed E-state index contributed by atoms with van der Waals surface area (Å²) in [5, 5.41) is 4.25. The van der Waals surface area contributed by atoms with Gasteiger partial charge in [0.15, 0.2) is 0 Å². The number of fused-ring (bicyclic) bond motifs is 2. The van der Waals surface area contributed by atoms with Crippen molar-refractivity contribution in [3.05, 3.63) is 29.5 Å². The topological polar surface area (TPSA) is 57.4 Å². The minimum Gasteiger partial charge on any atom is -0.497 e. The molecule has 5 heteroatoms. The van der Waals surface area contributed by atoms with Crippen LogP contribution in [0.4, 0.5) is 0 Å². The zero-order chi connectivity index (χ0) is 18.1. The summed E-state index contributed by atoms with van der Waals surface area (Å²) in [4.78, 5) is 18.7. The number of aryl methyl sites for hydroxylation is 1. The van der Waals surface area contributed by atoms with Gasteiger partial charge in [0.1, 0.15) is 11.4 Å². The third kappa shape index (κ3) is 3.20. The Morgan fingerprint density at radius 3 is 2.96 bits per heavy atom. The Hall–Kier alpha value is -2.01. The van der Waals surface area contributed by atoms with Gasteiger partial charge in [0.05, 0.1) is 7.11 Å². The predicted molar refractivity (Wildman–Crippen MR) is 104 cm³/mol. The first-order valence-electron chi connectivity index (χ1n) is 9.86. The van der Waals surface area contributed by atoms with E-state index in [1.807, 2.05) is 25.1 Å². The highest BCUT2D eigenvalue weighted by atomic mass is 16.5. The molecule has 26 heavy (non-hydrogen) atoms. The fourth-order valence-corrected chi connectivity index (χ4v) is 4.79. The molecule has 2 atom stereocenters. The molecule has 2 N–H and O–H groups in total. The van der Waals surface area contributed by atoms with Crippen molar-refractivity contribution in [1.29, 1.82) is 0 Å². The van der Waals surface area contributed by atoms with Gasteiger partial charge in [0.2, 0.25) is 0 Å². The van der Waals surface area contributed by atoms with Crippen LogP contribution in [-0.2, 0) is 0 Å². The van der Waals surface area contributed by atoms with Crippen molar-refractivity contribution in [3.8, 4) is 5.75 Å². The molecule has 2 aliphatic rings. The van der Waals surface area contributed by atoms with Crippen LogP contribution in [0.3, 0.4) is 0 Å². The van der Waals surface area contributed by atoms with Gasteiger partial charge < -0.3 is 19.9 Å². The number of nitrogens with zero attached hydrogens (tertiary/aromatic N) is 1. The van der Waals surface area contributed by atoms with E-state index in [1.54, 1.807) is 7.11 Å². The molecule has 1 aromatic carbocycles. The van der Waals surface area contributed by atoms with Crippen LogP contribution in [0.5, 0.6) is 5.75 Å². The van der Waals surface area contributed by atoms with E-state index in [0.717, 1.165) is 28.8 Å². The van der Waals surface area contributed by atoms with Crippen LogP contribution in [0.2, 0.25) is 0 Å². The maximum absolute atomic E-state index is 12.8. The molecule has 4 rings (SSSR count). The monoisotopic (exact) mass is 355 g/mol. The van der Waals surface area contributed by atoms with Crippen molar-refractivity contribution >= 4 is 16.8 Å². The lowest BCUT2D eigenvalue weighted by Gasteiger charge is -2.44. The zero-order valence-electron chi connectivity index (χ0n) is 15.8. The predicted octanol–water partition coefficient (Wildman–Crippen LogP) is 3.48. The minimum atomic E-state index is 0.00518. The fourth-order valence-electron chi connectivity index (χ4n) is 4.79. The van der Waals surface area contributed by atoms with E-state index >= 15 is 0 Å². The smallest absolute Gasteiger partial charge is 0.268 e. The van der Waals surface area contributed by atoms with Crippen LogP contribution in [0.1, 0.15) is 48.2 Å². The second kappa shape index (κ2) is 7.31. The normalized spacial score (nSPS) is 23.6. The molecule has 0 spiro atoms. The number of piperidine rings is 2. The molecule has 2 aliphatic heterocycles. The number of amides is 1. The number of carbonyl (C=O) groups excluding carboxylic acids is 1. The number of hydrogen-bond donors (Lipinski definition) is 2. The summed E-state index contributed by atoms with van der Waals surface area (Å²) >= 11 is 0. The van der Waals surface area contributed by atoms with Crippen LogP contribution in [-0.4, -0.2) is 48.6 Å². The van der Waals surface area contributed by atoms with Crippen LogP contribution in [0, 0.1) is 12.8 Å². The highest BCUT2D eigenvalue weighted by Gasteiger charge is 2.33. The van der Waals surface area contributed by atoms with Crippen molar-refractivity contribution in [2.45, 2.75) is 45.1 Å². The average Bonchev–Trinajstić information content (AvgIpc) is 3.02. The molecule has 140 valence electrons. The number of rotatable bonds is 4. The lowest BCUT2D eigenvalue weighted by Crippen LogP contribution is -2.51. The fraction of sp³-hybridized carbons (Fsp3) is 0.571. The second-order valence-electron chi connectivity index (χ2n) is 7.75. The molecular formula is C21H29N3O2. The zero-order valence-corrected chi connectivity index (χ0v) is 15.8. The third-order valence-corrected chi connectivity index (χ3v) is 6.25. The van der Waals surface area contributed by atoms with Gasteiger partial charge >= 0.3 is 0 Å². The van der Waals surface area contributed by atoms with Gasteiger partial charge in [0.25, 0.3) is 5.91 Å². The summed E-state index contributed by atoms with van der Waals surface area (Å²) < 4.78 is 5.31. The van der Waals surface area contributed by atoms with Gasteiger partial charge in [-0.05, 0) is 75.4 Å². The van der Waals surface area contributed by atoms with Crippen molar-refractivity contribution in [2.75, 3.05) is 26.7 Å². The first-order valence-corrected chi connectivity index (χ1v) is 9.86. The molecular weight excluding hydrogens is 326 g/mol. The molecule has 3 heterocycles. The highest BCUT2D eigenvalue weighted by Crippen LogP contribution is 2.31. The molecule has 0 unspecified atom stereocenters. The molecule has 0 radical (unpaired) electrons. The Labute approximate surface area is 155 Å². The van der Waals surface area contributed by atoms with Gasteiger partial charge in [-0.2, -0.15) is 0 Å². The Morgan fingerprint density at radius 1 is 1.27 bits per heavy atom. The van der Waals surface area contributed by atoms with Crippen LogP contribution >= 0.6 is 0 Å². The van der Waals surface area contributed by atoms with Crippen molar-refractivity contribution in [3.63, 3.8) is 0 Å².